The number of benzene rings is 2. The lowest BCUT2D eigenvalue weighted by Gasteiger charge is -2.30. The smallest absolute Gasteiger partial charge is 0.248 e. The van der Waals surface area contributed by atoms with Crippen LogP contribution in [-0.2, 0) is 16.0 Å². The van der Waals surface area contributed by atoms with Crippen molar-refractivity contribution in [1.29, 1.82) is 0 Å². The van der Waals surface area contributed by atoms with Gasteiger partial charge in [0.25, 0.3) is 0 Å². The molecule has 3 aromatic rings. The van der Waals surface area contributed by atoms with Gasteiger partial charge in [0.2, 0.25) is 11.8 Å². The van der Waals surface area contributed by atoms with Crippen molar-refractivity contribution in [3.8, 4) is 5.75 Å². The second-order valence-corrected chi connectivity index (χ2v) is 7.74. The molecule has 1 unspecified atom stereocenters. The van der Waals surface area contributed by atoms with Crippen molar-refractivity contribution in [2.24, 2.45) is 0 Å². The Labute approximate surface area is 195 Å². The summed E-state index contributed by atoms with van der Waals surface area (Å²) in [6, 6.07) is 20.3. The predicted octanol–water partition coefficient (Wildman–Crippen LogP) is 5.63. The third kappa shape index (κ3) is 6.69. The Kier molecular flexibility index (Phi) is 10.5. The van der Waals surface area contributed by atoms with Gasteiger partial charge in [-0.2, -0.15) is 0 Å². The van der Waals surface area contributed by atoms with Crippen LogP contribution < -0.4 is 15.0 Å². The number of carbonyl (C=O) groups is 2. The molecular weight excluding hydrogens is 420 g/mol. The number of anilines is 1. The van der Waals surface area contributed by atoms with Gasteiger partial charge in [0.05, 0.1) is 7.11 Å². The highest BCUT2D eigenvalue weighted by Crippen LogP contribution is 2.33. The maximum absolute atomic E-state index is 13.3. The summed E-state index contributed by atoms with van der Waals surface area (Å²) in [4.78, 5) is 28.6. The molecule has 170 valence electrons. The molecule has 0 saturated carbocycles. The van der Waals surface area contributed by atoms with Crippen LogP contribution >= 0.6 is 11.3 Å². The van der Waals surface area contributed by atoms with Crippen molar-refractivity contribution in [2.45, 2.75) is 39.7 Å². The lowest BCUT2D eigenvalue weighted by molar-refractivity contribution is -0.126. The number of methoxy groups -OCH3 is 1. The predicted molar refractivity (Wildman–Crippen MR) is 132 cm³/mol. The summed E-state index contributed by atoms with van der Waals surface area (Å²) in [7, 11) is 1.58. The normalized spacial score (nSPS) is 11.0. The highest BCUT2D eigenvalue weighted by atomic mass is 32.1. The van der Waals surface area contributed by atoms with E-state index in [2.05, 4.69) is 5.32 Å². The zero-order valence-electron chi connectivity index (χ0n) is 19.2. The van der Waals surface area contributed by atoms with Crippen molar-refractivity contribution < 1.29 is 14.3 Å². The van der Waals surface area contributed by atoms with Gasteiger partial charge < -0.3 is 10.1 Å². The van der Waals surface area contributed by atoms with E-state index >= 15 is 0 Å². The number of carbonyl (C=O) groups excluding carboxylic acids is 2. The van der Waals surface area contributed by atoms with Crippen LogP contribution in [0, 0.1) is 0 Å². The topological polar surface area (TPSA) is 58.6 Å². The average Bonchev–Trinajstić information content (AvgIpc) is 3.38. The van der Waals surface area contributed by atoms with Crippen LogP contribution in [0.15, 0.2) is 72.1 Å². The molecule has 0 bridgehead atoms. The maximum atomic E-state index is 13.3. The van der Waals surface area contributed by atoms with Gasteiger partial charge in [-0.1, -0.05) is 63.2 Å². The third-order valence-corrected chi connectivity index (χ3v) is 5.70. The van der Waals surface area contributed by atoms with E-state index in [4.69, 9.17) is 4.74 Å². The van der Waals surface area contributed by atoms with Gasteiger partial charge in [-0.05, 0) is 35.6 Å². The highest BCUT2D eigenvalue weighted by Gasteiger charge is 2.32. The first-order chi connectivity index (χ1) is 15.6. The summed E-state index contributed by atoms with van der Waals surface area (Å²) in [6.07, 6.45) is 1.01. The van der Waals surface area contributed by atoms with Crippen LogP contribution in [0.4, 0.5) is 5.69 Å². The van der Waals surface area contributed by atoms with Crippen LogP contribution in [-0.4, -0.2) is 25.5 Å². The largest absolute Gasteiger partial charge is 0.497 e. The zero-order chi connectivity index (χ0) is 23.3. The molecule has 0 fully saturated rings. The Balaban J connectivity index is 0.00000176. The van der Waals surface area contributed by atoms with Gasteiger partial charge in [0, 0.05) is 29.6 Å². The second-order valence-electron chi connectivity index (χ2n) is 6.76. The number of nitrogens with zero attached hydrogens (tertiary/aromatic N) is 1. The quantitative estimate of drug-likeness (QED) is 0.458. The monoisotopic (exact) mass is 452 g/mol. The molecule has 2 aromatic carbocycles. The summed E-state index contributed by atoms with van der Waals surface area (Å²) in [5, 5.41) is 4.94. The molecule has 0 aliphatic carbocycles. The van der Waals surface area contributed by atoms with Crippen LogP contribution in [0.1, 0.15) is 43.7 Å². The summed E-state index contributed by atoms with van der Waals surface area (Å²) in [5.74, 6) is 0.314. The number of amides is 2. The molecule has 0 radical (unpaired) electrons. The van der Waals surface area contributed by atoms with Gasteiger partial charge in [-0.25, -0.2) is 0 Å². The van der Waals surface area contributed by atoms with Gasteiger partial charge in [-0.3, -0.25) is 14.5 Å². The Hall–Kier alpha value is -3.12. The van der Waals surface area contributed by atoms with Gasteiger partial charge in [0.1, 0.15) is 11.8 Å². The number of ether oxygens (including phenoxy) is 1. The lowest BCUT2D eigenvalue weighted by Crippen LogP contribution is -2.44. The zero-order valence-corrected chi connectivity index (χ0v) is 20.0. The molecule has 1 N–H and O–H groups in total. The first-order valence-corrected chi connectivity index (χ1v) is 11.8. The van der Waals surface area contributed by atoms with Crippen molar-refractivity contribution in [1.82, 2.24) is 5.32 Å². The molecular formula is C26H32N2O3S. The highest BCUT2D eigenvalue weighted by molar-refractivity contribution is 7.10. The van der Waals surface area contributed by atoms with Gasteiger partial charge in [-0.15, -0.1) is 11.3 Å². The molecule has 5 nitrogen and oxygen atoms in total. The average molecular weight is 453 g/mol. The number of nitrogens with one attached hydrogen (secondary N) is 1. The molecule has 32 heavy (non-hydrogen) atoms. The first kappa shape index (κ1) is 25.1. The number of hydrogen-bond acceptors (Lipinski definition) is 4. The van der Waals surface area contributed by atoms with E-state index in [-0.39, 0.29) is 18.2 Å². The summed E-state index contributed by atoms with van der Waals surface area (Å²) >= 11 is 1.46. The molecule has 0 aliphatic heterocycles. The lowest BCUT2D eigenvalue weighted by atomic mass is 10.1. The van der Waals surface area contributed by atoms with E-state index in [9.17, 15) is 9.59 Å². The van der Waals surface area contributed by atoms with Crippen molar-refractivity contribution in [3.05, 3.63) is 82.6 Å². The molecule has 1 heterocycles. The minimum absolute atomic E-state index is 0.125. The van der Waals surface area contributed by atoms with Gasteiger partial charge in [0.15, 0.2) is 0 Å². The Morgan fingerprint density at radius 1 is 1.03 bits per heavy atom. The van der Waals surface area contributed by atoms with Crippen molar-refractivity contribution in [3.63, 3.8) is 0 Å². The summed E-state index contributed by atoms with van der Waals surface area (Å²) in [5.41, 5.74) is 1.79. The molecule has 3 rings (SSSR count). The molecule has 1 aromatic heterocycles. The fraction of sp³-hybridized carbons (Fsp3) is 0.308. The third-order valence-electron chi connectivity index (χ3n) is 4.78. The molecule has 1 atom stereocenters. The van der Waals surface area contributed by atoms with Crippen LogP contribution in [0.2, 0.25) is 0 Å². The standard InChI is InChI=1S/C24H26N2O3S.C2H6/c1-3-22(27)26(19-11-7-12-20(17-19)29-2)23(21-13-8-16-30-21)24(28)25-15-14-18-9-5-4-6-10-18;1-2/h4-13,16-17,23H,3,14-15H2,1-2H3,(H,25,28);1-2H3. The van der Waals surface area contributed by atoms with E-state index in [1.54, 1.807) is 25.0 Å². The van der Waals surface area contributed by atoms with Crippen molar-refractivity contribution in [2.75, 3.05) is 18.6 Å². The summed E-state index contributed by atoms with van der Waals surface area (Å²) in [6.45, 7) is 6.30. The minimum atomic E-state index is -0.736. The summed E-state index contributed by atoms with van der Waals surface area (Å²) < 4.78 is 5.33. The Morgan fingerprint density at radius 2 is 1.78 bits per heavy atom. The van der Waals surface area contributed by atoms with E-state index in [1.165, 1.54) is 11.3 Å². The van der Waals surface area contributed by atoms with E-state index < -0.39 is 6.04 Å². The molecule has 2 amide bonds. The molecule has 0 spiro atoms. The fourth-order valence-electron chi connectivity index (χ4n) is 3.26. The van der Waals surface area contributed by atoms with Crippen molar-refractivity contribution >= 4 is 28.8 Å². The second kappa shape index (κ2) is 13.3. The SMILES string of the molecule is CC.CCC(=O)N(c1cccc(OC)c1)C(C(=O)NCCc1ccccc1)c1cccs1. The Morgan fingerprint density at radius 3 is 2.41 bits per heavy atom. The van der Waals surface area contributed by atoms with Crippen LogP contribution in [0.5, 0.6) is 5.75 Å². The van der Waals surface area contributed by atoms with E-state index in [1.807, 2.05) is 79.9 Å². The first-order valence-electron chi connectivity index (χ1n) is 10.9. The number of rotatable bonds is 9. The molecule has 0 aliphatic rings. The fourth-order valence-corrected chi connectivity index (χ4v) is 4.07. The van der Waals surface area contributed by atoms with Crippen LogP contribution in [0.25, 0.3) is 0 Å². The molecule has 0 saturated heterocycles. The number of hydrogen-bond donors (Lipinski definition) is 1. The number of thiophene rings is 1. The molecule has 6 heteroatoms. The van der Waals surface area contributed by atoms with Crippen LogP contribution in [0.3, 0.4) is 0 Å². The Bertz CT molecular complexity index is 958. The maximum Gasteiger partial charge on any atom is 0.248 e. The van der Waals surface area contributed by atoms with E-state index in [0.29, 0.717) is 18.0 Å². The van der Waals surface area contributed by atoms with Gasteiger partial charge >= 0.3 is 0 Å². The van der Waals surface area contributed by atoms with E-state index in [0.717, 1.165) is 16.9 Å². The minimum Gasteiger partial charge on any atom is -0.497 e.